The van der Waals surface area contributed by atoms with Crippen LogP contribution >= 0.6 is 11.6 Å². The van der Waals surface area contributed by atoms with E-state index in [1.807, 2.05) is 0 Å². The third-order valence-corrected chi connectivity index (χ3v) is 4.71. The van der Waals surface area contributed by atoms with Crippen LogP contribution in [-0.2, 0) is 4.79 Å². The van der Waals surface area contributed by atoms with Gasteiger partial charge >= 0.3 is 6.18 Å². The van der Waals surface area contributed by atoms with Gasteiger partial charge in [0.15, 0.2) is 11.5 Å². The van der Waals surface area contributed by atoms with Gasteiger partial charge in [0.2, 0.25) is 5.91 Å². The molecule has 1 aliphatic heterocycles. The Kier molecular flexibility index (Phi) is 6.97. The number of carbonyl (C=O) groups excluding carboxylic acids is 2. The molecular weight excluding hydrogens is 458 g/mol. The van der Waals surface area contributed by atoms with Crippen LogP contribution in [0.3, 0.4) is 0 Å². The molecule has 7 nitrogen and oxygen atoms in total. The van der Waals surface area contributed by atoms with E-state index in [2.05, 4.69) is 10.6 Å². The first-order chi connectivity index (χ1) is 15.0. The highest BCUT2D eigenvalue weighted by Crippen LogP contribution is 2.37. The van der Waals surface area contributed by atoms with Crippen molar-refractivity contribution in [2.75, 3.05) is 36.9 Å². The summed E-state index contributed by atoms with van der Waals surface area (Å²) in [5, 5.41) is 7.12. The average Bonchev–Trinajstić information content (AvgIpc) is 2.73. The molecule has 0 aliphatic carbocycles. The molecule has 172 valence electrons. The Morgan fingerprint density at radius 1 is 1.06 bits per heavy atom. The normalized spacial score (nSPS) is 12.8. The molecule has 0 bridgehead atoms. The maximum atomic E-state index is 14.2. The van der Waals surface area contributed by atoms with Crippen molar-refractivity contribution in [1.82, 2.24) is 5.32 Å². The Morgan fingerprint density at radius 2 is 1.72 bits per heavy atom. The lowest BCUT2D eigenvalue weighted by Gasteiger charge is -2.20. The number of hydrogen-bond acceptors (Lipinski definition) is 5. The molecule has 0 atom stereocenters. The first-order valence-corrected chi connectivity index (χ1v) is 9.69. The van der Waals surface area contributed by atoms with E-state index in [-0.39, 0.29) is 34.1 Å². The number of rotatable bonds is 6. The standard InChI is InChI=1S/C20H18ClF4N3O4/c1-10-13(22)4-11(19(30)27-9-20(23,24)25)5-14(10)26-8-18(29)28-15-7-17-16(6-12(15)21)31-2-3-32-17/h4-7,26H,2-3,8-9H2,1H3,(H,27,30)(H,28,29). The number of anilines is 2. The van der Waals surface area contributed by atoms with Gasteiger partial charge in [-0.3, -0.25) is 9.59 Å². The van der Waals surface area contributed by atoms with Crippen LogP contribution in [0.4, 0.5) is 28.9 Å². The van der Waals surface area contributed by atoms with Crippen LogP contribution in [0.25, 0.3) is 0 Å². The molecule has 0 saturated heterocycles. The summed E-state index contributed by atoms with van der Waals surface area (Å²) < 4.78 is 61.9. The van der Waals surface area contributed by atoms with E-state index in [0.717, 1.165) is 12.1 Å². The quantitative estimate of drug-likeness (QED) is 0.551. The van der Waals surface area contributed by atoms with Crippen molar-refractivity contribution in [2.24, 2.45) is 0 Å². The highest BCUT2D eigenvalue weighted by molar-refractivity contribution is 6.34. The van der Waals surface area contributed by atoms with Crippen molar-refractivity contribution in [3.05, 3.63) is 46.2 Å². The van der Waals surface area contributed by atoms with E-state index in [0.29, 0.717) is 24.7 Å². The lowest BCUT2D eigenvalue weighted by molar-refractivity contribution is -0.123. The minimum absolute atomic E-state index is 0.0746. The third-order valence-electron chi connectivity index (χ3n) is 4.40. The Balaban J connectivity index is 1.66. The smallest absolute Gasteiger partial charge is 0.405 e. The monoisotopic (exact) mass is 475 g/mol. The van der Waals surface area contributed by atoms with Gasteiger partial charge in [-0.05, 0) is 19.1 Å². The zero-order valence-electron chi connectivity index (χ0n) is 16.7. The van der Waals surface area contributed by atoms with E-state index < -0.39 is 30.4 Å². The third kappa shape index (κ3) is 5.94. The number of amides is 2. The minimum atomic E-state index is -4.60. The Bertz CT molecular complexity index is 1050. The van der Waals surface area contributed by atoms with Crippen LogP contribution in [-0.4, -0.2) is 44.3 Å². The van der Waals surface area contributed by atoms with Crippen LogP contribution in [0.2, 0.25) is 5.02 Å². The second-order valence-corrected chi connectivity index (χ2v) is 7.21. The Hall–Kier alpha value is -3.21. The van der Waals surface area contributed by atoms with Gasteiger partial charge in [0.1, 0.15) is 25.6 Å². The number of benzene rings is 2. The van der Waals surface area contributed by atoms with Gasteiger partial charge in [-0.25, -0.2) is 4.39 Å². The molecule has 2 aromatic rings. The second-order valence-electron chi connectivity index (χ2n) is 6.81. The fourth-order valence-corrected chi connectivity index (χ4v) is 3.01. The first-order valence-electron chi connectivity index (χ1n) is 9.31. The molecule has 2 aromatic carbocycles. The lowest BCUT2D eigenvalue weighted by atomic mass is 10.1. The van der Waals surface area contributed by atoms with Gasteiger partial charge in [-0.1, -0.05) is 11.6 Å². The summed E-state index contributed by atoms with van der Waals surface area (Å²) in [5.74, 6) is -1.60. The molecule has 0 saturated carbocycles. The van der Waals surface area contributed by atoms with Crippen molar-refractivity contribution in [3.8, 4) is 11.5 Å². The Morgan fingerprint density at radius 3 is 2.38 bits per heavy atom. The molecule has 2 amide bonds. The molecule has 32 heavy (non-hydrogen) atoms. The van der Waals surface area contributed by atoms with Gasteiger partial charge in [0.25, 0.3) is 5.91 Å². The van der Waals surface area contributed by atoms with Crippen LogP contribution in [0.5, 0.6) is 11.5 Å². The fourth-order valence-electron chi connectivity index (χ4n) is 2.81. The second kappa shape index (κ2) is 9.51. The van der Waals surface area contributed by atoms with Crippen LogP contribution in [0, 0.1) is 12.7 Å². The van der Waals surface area contributed by atoms with Crippen molar-refractivity contribution in [1.29, 1.82) is 0 Å². The number of fused-ring (bicyclic) bond motifs is 1. The van der Waals surface area contributed by atoms with Crippen molar-refractivity contribution in [3.63, 3.8) is 0 Å². The summed E-state index contributed by atoms with van der Waals surface area (Å²) in [7, 11) is 0. The van der Waals surface area contributed by atoms with Crippen molar-refractivity contribution < 1.29 is 36.6 Å². The van der Waals surface area contributed by atoms with E-state index in [1.165, 1.54) is 19.1 Å². The molecule has 0 spiro atoms. The highest BCUT2D eigenvalue weighted by Gasteiger charge is 2.28. The first kappa shape index (κ1) is 23.5. The molecule has 1 aliphatic rings. The summed E-state index contributed by atoms with van der Waals surface area (Å²) in [5.41, 5.74) is 0.106. The number of hydrogen-bond donors (Lipinski definition) is 3. The zero-order chi connectivity index (χ0) is 23.5. The number of ether oxygens (including phenoxy) is 2. The van der Waals surface area contributed by atoms with Crippen LogP contribution in [0.1, 0.15) is 15.9 Å². The van der Waals surface area contributed by atoms with Crippen molar-refractivity contribution >= 4 is 34.8 Å². The predicted molar refractivity (Wildman–Crippen MR) is 109 cm³/mol. The largest absolute Gasteiger partial charge is 0.486 e. The molecule has 3 N–H and O–H groups in total. The lowest BCUT2D eigenvalue weighted by Crippen LogP contribution is -2.33. The molecule has 1 heterocycles. The van der Waals surface area contributed by atoms with Gasteiger partial charge in [-0.2, -0.15) is 13.2 Å². The summed E-state index contributed by atoms with van der Waals surface area (Å²) in [6, 6.07) is 4.99. The van der Waals surface area contributed by atoms with E-state index >= 15 is 0 Å². The topological polar surface area (TPSA) is 88.7 Å². The minimum Gasteiger partial charge on any atom is -0.486 e. The van der Waals surface area contributed by atoms with Gasteiger partial charge < -0.3 is 25.4 Å². The van der Waals surface area contributed by atoms with Gasteiger partial charge in [-0.15, -0.1) is 0 Å². The summed E-state index contributed by atoms with van der Waals surface area (Å²) in [6.45, 7) is 0.232. The fraction of sp³-hybridized carbons (Fsp3) is 0.300. The molecule has 12 heteroatoms. The zero-order valence-corrected chi connectivity index (χ0v) is 17.4. The number of alkyl halides is 3. The summed E-state index contributed by atoms with van der Waals surface area (Å²) in [4.78, 5) is 24.3. The summed E-state index contributed by atoms with van der Waals surface area (Å²) in [6.07, 6.45) is -4.60. The molecule has 0 aromatic heterocycles. The molecular formula is C20H18ClF4N3O4. The maximum Gasteiger partial charge on any atom is 0.405 e. The SMILES string of the molecule is Cc1c(F)cc(C(=O)NCC(F)(F)F)cc1NCC(=O)Nc1cc2c(cc1Cl)OCCO2. The summed E-state index contributed by atoms with van der Waals surface area (Å²) >= 11 is 6.14. The van der Waals surface area contributed by atoms with Crippen LogP contribution in [0.15, 0.2) is 24.3 Å². The van der Waals surface area contributed by atoms with E-state index in [4.69, 9.17) is 21.1 Å². The molecule has 3 rings (SSSR count). The maximum absolute atomic E-state index is 14.2. The Labute approximate surface area is 185 Å². The van der Waals surface area contributed by atoms with E-state index in [9.17, 15) is 27.2 Å². The van der Waals surface area contributed by atoms with E-state index in [1.54, 1.807) is 5.32 Å². The van der Waals surface area contributed by atoms with Crippen molar-refractivity contribution in [2.45, 2.75) is 13.1 Å². The number of carbonyl (C=O) groups is 2. The molecule has 0 unspecified atom stereocenters. The highest BCUT2D eigenvalue weighted by atomic mass is 35.5. The van der Waals surface area contributed by atoms with Gasteiger partial charge in [0, 0.05) is 28.9 Å². The van der Waals surface area contributed by atoms with Gasteiger partial charge in [0.05, 0.1) is 17.3 Å². The van der Waals surface area contributed by atoms with Crippen LogP contribution < -0.4 is 25.4 Å². The average molecular weight is 476 g/mol. The number of halogens is 5. The molecule has 0 fully saturated rings. The molecule has 0 radical (unpaired) electrons. The number of nitrogens with one attached hydrogen (secondary N) is 3. The predicted octanol–water partition coefficient (Wildman–Crippen LogP) is 3.90.